The summed E-state index contributed by atoms with van der Waals surface area (Å²) in [5.74, 6) is 2.42. The fourth-order valence-corrected chi connectivity index (χ4v) is 3.86. The Bertz CT molecular complexity index is 1190. The van der Waals surface area contributed by atoms with Crippen LogP contribution in [0.15, 0.2) is 78.9 Å². The van der Waals surface area contributed by atoms with Crippen molar-refractivity contribution >= 4 is 16.9 Å². The molecule has 0 aliphatic rings. The van der Waals surface area contributed by atoms with Crippen LogP contribution in [0.2, 0.25) is 0 Å². The molecule has 0 aliphatic carbocycles. The molecule has 0 spiro atoms. The number of carbonyl (C=O) groups is 1. The highest BCUT2D eigenvalue weighted by Gasteiger charge is 2.12. The number of aryl methyl sites for hydroxylation is 1. The summed E-state index contributed by atoms with van der Waals surface area (Å²) >= 11 is 0. The SMILES string of the molecule is COc1ccccc1OCCn1c(CCNC(=O)CCc2ccccc2)nc2ccccc21. The van der Waals surface area contributed by atoms with Gasteiger partial charge in [0.2, 0.25) is 5.91 Å². The molecule has 1 N–H and O–H groups in total. The molecular formula is C27H29N3O3. The van der Waals surface area contributed by atoms with E-state index in [0.29, 0.717) is 38.3 Å². The van der Waals surface area contributed by atoms with Gasteiger partial charge in [-0.05, 0) is 36.2 Å². The van der Waals surface area contributed by atoms with E-state index >= 15 is 0 Å². The van der Waals surface area contributed by atoms with E-state index in [-0.39, 0.29) is 5.91 Å². The van der Waals surface area contributed by atoms with Crippen molar-refractivity contribution in [2.75, 3.05) is 20.3 Å². The van der Waals surface area contributed by atoms with Crippen LogP contribution in [0.4, 0.5) is 0 Å². The minimum atomic E-state index is 0.0565. The zero-order valence-electron chi connectivity index (χ0n) is 18.9. The molecule has 0 atom stereocenters. The molecule has 4 rings (SSSR count). The Kier molecular flexibility index (Phi) is 7.59. The van der Waals surface area contributed by atoms with Crippen molar-refractivity contribution in [1.82, 2.24) is 14.9 Å². The van der Waals surface area contributed by atoms with Crippen LogP contribution in [-0.2, 0) is 24.2 Å². The maximum absolute atomic E-state index is 12.3. The van der Waals surface area contributed by atoms with Crippen LogP contribution >= 0.6 is 0 Å². The average Bonchev–Trinajstić information content (AvgIpc) is 3.21. The van der Waals surface area contributed by atoms with Gasteiger partial charge in [0, 0.05) is 19.4 Å². The Hall–Kier alpha value is -3.80. The van der Waals surface area contributed by atoms with Gasteiger partial charge in [-0.3, -0.25) is 4.79 Å². The second kappa shape index (κ2) is 11.2. The van der Waals surface area contributed by atoms with Crippen molar-refractivity contribution in [3.05, 3.63) is 90.3 Å². The molecule has 0 bridgehead atoms. The number of carbonyl (C=O) groups excluding carboxylic acids is 1. The number of para-hydroxylation sites is 4. The standard InChI is InChI=1S/C27H29N3O3/c1-32-24-13-7-8-14-25(24)33-20-19-30-23-12-6-5-11-22(23)29-26(30)17-18-28-27(31)16-15-21-9-3-2-4-10-21/h2-14H,15-20H2,1H3,(H,28,31). The van der Waals surface area contributed by atoms with Crippen LogP contribution in [0.25, 0.3) is 11.0 Å². The number of ether oxygens (including phenoxy) is 2. The maximum atomic E-state index is 12.3. The van der Waals surface area contributed by atoms with E-state index in [9.17, 15) is 4.79 Å². The highest BCUT2D eigenvalue weighted by Crippen LogP contribution is 2.26. The predicted octanol–water partition coefficient (Wildman–Crippen LogP) is 4.42. The van der Waals surface area contributed by atoms with Crippen LogP contribution in [0.3, 0.4) is 0 Å². The summed E-state index contributed by atoms with van der Waals surface area (Å²) in [6, 6.07) is 25.8. The van der Waals surface area contributed by atoms with Gasteiger partial charge >= 0.3 is 0 Å². The number of fused-ring (bicyclic) bond motifs is 1. The Morgan fingerprint density at radius 2 is 1.64 bits per heavy atom. The molecule has 0 unspecified atom stereocenters. The number of hydrogen-bond donors (Lipinski definition) is 1. The van der Waals surface area contributed by atoms with Crippen LogP contribution < -0.4 is 14.8 Å². The van der Waals surface area contributed by atoms with Crippen LogP contribution in [0, 0.1) is 0 Å². The molecule has 1 aromatic heterocycles. The van der Waals surface area contributed by atoms with Crippen LogP contribution in [-0.4, -0.2) is 35.7 Å². The first-order valence-corrected chi connectivity index (χ1v) is 11.2. The Morgan fingerprint density at radius 1 is 0.909 bits per heavy atom. The third-order valence-corrected chi connectivity index (χ3v) is 5.53. The lowest BCUT2D eigenvalue weighted by molar-refractivity contribution is -0.121. The van der Waals surface area contributed by atoms with Gasteiger partial charge in [0.1, 0.15) is 12.4 Å². The van der Waals surface area contributed by atoms with Crippen LogP contribution in [0.1, 0.15) is 17.8 Å². The number of benzene rings is 3. The predicted molar refractivity (Wildman–Crippen MR) is 130 cm³/mol. The number of aromatic nitrogens is 2. The molecule has 4 aromatic rings. The zero-order chi connectivity index (χ0) is 22.9. The van der Waals surface area contributed by atoms with Gasteiger partial charge in [-0.15, -0.1) is 0 Å². The summed E-state index contributed by atoms with van der Waals surface area (Å²) in [5.41, 5.74) is 3.18. The Morgan fingerprint density at radius 3 is 2.45 bits per heavy atom. The molecule has 0 saturated heterocycles. The second-order valence-corrected chi connectivity index (χ2v) is 7.75. The topological polar surface area (TPSA) is 65.4 Å². The van der Waals surface area contributed by atoms with E-state index in [1.54, 1.807) is 7.11 Å². The Labute approximate surface area is 194 Å². The number of methoxy groups -OCH3 is 1. The van der Waals surface area contributed by atoms with Gasteiger partial charge in [0.05, 0.1) is 24.7 Å². The third kappa shape index (κ3) is 5.92. The minimum absolute atomic E-state index is 0.0565. The van der Waals surface area contributed by atoms with Gasteiger partial charge in [0.25, 0.3) is 0 Å². The van der Waals surface area contributed by atoms with Crippen molar-refractivity contribution < 1.29 is 14.3 Å². The summed E-state index contributed by atoms with van der Waals surface area (Å²) in [6.07, 6.45) is 1.87. The van der Waals surface area contributed by atoms with Gasteiger partial charge in [0.15, 0.2) is 11.5 Å². The number of rotatable bonds is 11. The lowest BCUT2D eigenvalue weighted by atomic mass is 10.1. The van der Waals surface area contributed by atoms with E-state index in [1.807, 2.05) is 72.8 Å². The molecule has 1 heterocycles. The van der Waals surface area contributed by atoms with E-state index < -0.39 is 0 Å². The molecule has 33 heavy (non-hydrogen) atoms. The second-order valence-electron chi connectivity index (χ2n) is 7.75. The smallest absolute Gasteiger partial charge is 0.220 e. The third-order valence-electron chi connectivity index (χ3n) is 5.53. The van der Waals surface area contributed by atoms with Crippen molar-refractivity contribution in [2.24, 2.45) is 0 Å². The largest absolute Gasteiger partial charge is 0.493 e. The summed E-state index contributed by atoms with van der Waals surface area (Å²) in [6.45, 7) is 1.68. The molecule has 0 radical (unpaired) electrons. The van der Waals surface area contributed by atoms with E-state index in [4.69, 9.17) is 14.5 Å². The minimum Gasteiger partial charge on any atom is -0.493 e. The van der Waals surface area contributed by atoms with Crippen molar-refractivity contribution in [3.8, 4) is 11.5 Å². The quantitative estimate of drug-likeness (QED) is 0.373. The number of nitrogens with zero attached hydrogens (tertiary/aromatic N) is 2. The summed E-state index contributed by atoms with van der Waals surface area (Å²) in [5, 5.41) is 3.03. The monoisotopic (exact) mass is 443 g/mol. The molecular weight excluding hydrogens is 414 g/mol. The molecule has 0 saturated carbocycles. The van der Waals surface area contributed by atoms with Crippen LogP contribution in [0.5, 0.6) is 11.5 Å². The molecule has 3 aromatic carbocycles. The zero-order valence-corrected chi connectivity index (χ0v) is 18.9. The highest BCUT2D eigenvalue weighted by atomic mass is 16.5. The van der Waals surface area contributed by atoms with Gasteiger partial charge in [-0.2, -0.15) is 0 Å². The van der Waals surface area contributed by atoms with Crippen molar-refractivity contribution in [1.29, 1.82) is 0 Å². The molecule has 170 valence electrons. The van der Waals surface area contributed by atoms with Gasteiger partial charge in [-0.25, -0.2) is 4.98 Å². The molecule has 6 nitrogen and oxygen atoms in total. The number of amides is 1. The molecule has 6 heteroatoms. The van der Waals surface area contributed by atoms with E-state index in [1.165, 1.54) is 5.56 Å². The average molecular weight is 444 g/mol. The lowest BCUT2D eigenvalue weighted by Crippen LogP contribution is -2.27. The molecule has 1 amide bonds. The molecule has 0 fully saturated rings. The number of hydrogen-bond acceptors (Lipinski definition) is 4. The maximum Gasteiger partial charge on any atom is 0.220 e. The van der Waals surface area contributed by atoms with E-state index in [2.05, 4.69) is 16.0 Å². The van der Waals surface area contributed by atoms with Gasteiger partial charge in [-0.1, -0.05) is 54.6 Å². The normalized spacial score (nSPS) is 10.8. The number of imidazole rings is 1. The number of nitrogens with one attached hydrogen (secondary N) is 1. The fraction of sp³-hybridized carbons (Fsp3) is 0.259. The van der Waals surface area contributed by atoms with Crippen molar-refractivity contribution in [3.63, 3.8) is 0 Å². The summed E-state index contributed by atoms with van der Waals surface area (Å²) in [7, 11) is 1.64. The Balaban J connectivity index is 1.35. The molecule has 0 aliphatic heterocycles. The van der Waals surface area contributed by atoms with Gasteiger partial charge < -0.3 is 19.4 Å². The first kappa shape index (κ1) is 22.4. The van der Waals surface area contributed by atoms with E-state index in [0.717, 1.165) is 29.0 Å². The summed E-state index contributed by atoms with van der Waals surface area (Å²) < 4.78 is 13.5. The lowest BCUT2D eigenvalue weighted by Gasteiger charge is -2.13. The first-order chi connectivity index (χ1) is 16.2. The summed E-state index contributed by atoms with van der Waals surface area (Å²) in [4.78, 5) is 17.1. The first-order valence-electron chi connectivity index (χ1n) is 11.2. The van der Waals surface area contributed by atoms with Crippen molar-refractivity contribution in [2.45, 2.75) is 25.8 Å². The highest BCUT2D eigenvalue weighted by molar-refractivity contribution is 5.77. The fourth-order valence-electron chi connectivity index (χ4n) is 3.86.